The first kappa shape index (κ1) is 13.3. The summed E-state index contributed by atoms with van der Waals surface area (Å²) in [7, 11) is 0. The van der Waals surface area contributed by atoms with Gasteiger partial charge in [0, 0.05) is 22.8 Å². The minimum atomic E-state index is -0.108. The Morgan fingerprint density at radius 1 is 1.04 bits per heavy atom. The number of fused-ring (bicyclic) bond motifs is 1. The van der Waals surface area contributed by atoms with Gasteiger partial charge in [-0.1, -0.05) is 18.2 Å². The standard InChI is InChI=1S/C19H21N3O/c23-19(16-10-20-17-4-2-1-3-15(16)17)22-21-18-13-6-11-5-12(8-13)9-14(18)7-11/h1-4,10-14,20H,5-9H2,(H,22,23). The number of para-hydroxylation sites is 1. The fourth-order valence-electron chi connectivity index (χ4n) is 5.28. The van der Waals surface area contributed by atoms with Crippen molar-refractivity contribution in [2.24, 2.45) is 28.8 Å². The number of aromatic amines is 1. The molecule has 4 aliphatic carbocycles. The third-order valence-electron chi connectivity index (χ3n) is 6.10. The van der Waals surface area contributed by atoms with Gasteiger partial charge in [0.1, 0.15) is 0 Å². The van der Waals surface area contributed by atoms with Crippen molar-refractivity contribution in [2.45, 2.75) is 32.1 Å². The molecule has 1 aromatic heterocycles. The Labute approximate surface area is 135 Å². The molecule has 0 radical (unpaired) electrons. The predicted octanol–water partition coefficient (Wildman–Crippen LogP) is 3.71. The van der Waals surface area contributed by atoms with E-state index in [-0.39, 0.29) is 5.91 Å². The van der Waals surface area contributed by atoms with Crippen molar-refractivity contribution in [3.8, 4) is 0 Å². The number of hydrazone groups is 1. The molecule has 23 heavy (non-hydrogen) atoms. The van der Waals surface area contributed by atoms with Crippen molar-refractivity contribution in [2.75, 3.05) is 0 Å². The van der Waals surface area contributed by atoms with Crippen LogP contribution in [0.25, 0.3) is 10.9 Å². The number of hydrogen-bond acceptors (Lipinski definition) is 2. The number of amides is 1. The summed E-state index contributed by atoms with van der Waals surface area (Å²) in [5, 5.41) is 5.54. The van der Waals surface area contributed by atoms with Crippen molar-refractivity contribution in [1.82, 2.24) is 10.4 Å². The molecular weight excluding hydrogens is 286 g/mol. The van der Waals surface area contributed by atoms with E-state index in [1.165, 1.54) is 37.8 Å². The van der Waals surface area contributed by atoms with Crippen molar-refractivity contribution >= 4 is 22.5 Å². The molecule has 4 heteroatoms. The molecule has 4 aliphatic rings. The van der Waals surface area contributed by atoms with Crippen molar-refractivity contribution in [3.63, 3.8) is 0 Å². The van der Waals surface area contributed by atoms with E-state index < -0.39 is 0 Å². The number of benzene rings is 1. The van der Waals surface area contributed by atoms with Crippen molar-refractivity contribution in [1.29, 1.82) is 0 Å². The second-order valence-corrected chi connectivity index (χ2v) is 7.53. The zero-order chi connectivity index (χ0) is 15.4. The second-order valence-electron chi connectivity index (χ2n) is 7.53. The first-order chi connectivity index (χ1) is 11.3. The summed E-state index contributed by atoms with van der Waals surface area (Å²) in [5.41, 5.74) is 5.76. The first-order valence-electron chi connectivity index (χ1n) is 8.72. The molecule has 0 saturated heterocycles. The molecule has 0 unspecified atom stereocenters. The highest BCUT2D eigenvalue weighted by molar-refractivity contribution is 6.07. The van der Waals surface area contributed by atoms with Crippen LogP contribution in [-0.2, 0) is 0 Å². The highest BCUT2D eigenvalue weighted by Crippen LogP contribution is 2.52. The Kier molecular flexibility index (Phi) is 2.87. The van der Waals surface area contributed by atoms with Gasteiger partial charge in [-0.3, -0.25) is 4.79 Å². The van der Waals surface area contributed by atoms with Gasteiger partial charge in [-0.05, 0) is 61.8 Å². The number of H-pyrrole nitrogens is 1. The Bertz CT molecular complexity index is 774. The molecule has 4 nitrogen and oxygen atoms in total. The van der Waals surface area contributed by atoms with Gasteiger partial charge in [0.15, 0.2) is 0 Å². The highest BCUT2D eigenvalue weighted by atomic mass is 16.2. The molecule has 6 rings (SSSR count). The molecule has 4 saturated carbocycles. The van der Waals surface area contributed by atoms with Crippen LogP contribution in [0.15, 0.2) is 35.6 Å². The molecule has 4 fully saturated rings. The lowest BCUT2D eigenvalue weighted by Gasteiger charge is -2.50. The quantitative estimate of drug-likeness (QED) is 0.816. The summed E-state index contributed by atoms with van der Waals surface area (Å²) in [6, 6.07) is 7.87. The number of carbonyl (C=O) groups excluding carboxylic acids is 1. The van der Waals surface area contributed by atoms with E-state index in [1.807, 2.05) is 24.3 Å². The zero-order valence-corrected chi connectivity index (χ0v) is 13.1. The molecular formula is C19H21N3O. The van der Waals surface area contributed by atoms with Crippen LogP contribution in [0.3, 0.4) is 0 Å². The Hall–Kier alpha value is -2.10. The molecule has 1 heterocycles. The van der Waals surface area contributed by atoms with Crippen molar-refractivity contribution < 1.29 is 4.79 Å². The van der Waals surface area contributed by atoms with Crippen LogP contribution in [-0.4, -0.2) is 16.6 Å². The van der Waals surface area contributed by atoms with Crippen LogP contribution in [0.1, 0.15) is 42.5 Å². The molecule has 4 bridgehead atoms. The molecule has 0 atom stereocenters. The fraction of sp³-hybridized carbons (Fsp3) is 0.474. The smallest absolute Gasteiger partial charge is 0.273 e. The van der Waals surface area contributed by atoms with Gasteiger partial charge in [0.05, 0.1) is 5.56 Å². The highest BCUT2D eigenvalue weighted by Gasteiger charge is 2.46. The maximum absolute atomic E-state index is 12.5. The van der Waals surface area contributed by atoms with E-state index in [1.54, 1.807) is 6.20 Å². The van der Waals surface area contributed by atoms with E-state index in [9.17, 15) is 4.79 Å². The molecule has 0 spiro atoms. The maximum atomic E-state index is 12.5. The molecule has 1 aromatic carbocycles. The molecule has 0 aliphatic heterocycles. The Morgan fingerprint density at radius 2 is 1.74 bits per heavy atom. The van der Waals surface area contributed by atoms with Crippen LogP contribution in [0.4, 0.5) is 0 Å². The van der Waals surface area contributed by atoms with E-state index in [0.717, 1.165) is 22.7 Å². The van der Waals surface area contributed by atoms with Gasteiger partial charge in [0.25, 0.3) is 5.91 Å². The first-order valence-corrected chi connectivity index (χ1v) is 8.72. The number of carbonyl (C=O) groups is 1. The number of aromatic nitrogens is 1. The second kappa shape index (κ2) is 4.95. The Balaban J connectivity index is 1.39. The SMILES string of the molecule is O=C(NN=C1C2CC3CC(C2)CC1C3)c1c[nH]c2ccccc12. The predicted molar refractivity (Wildman–Crippen MR) is 90.2 cm³/mol. The van der Waals surface area contributed by atoms with Crippen LogP contribution in [0.2, 0.25) is 0 Å². The third-order valence-corrected chi connectivity index (χ3v) is 6.10. The van der Waals surface area contributed by atoms with Gasteiger partial charge in [0.2, 0.25) is 0 Å². The summed E-state index contributed by atoms with van der Waals surface area (Å²) >= 11 is 0. The topological polar surface area (TPSA) is 57.2 Å². The molecule has 1 amide bonds. The number of nitrogens with zero attached hydrogens (tertiary/aromatic N) is 1. The van der Waals surface area contributed by atoms with E-state index in [4.69, 9.17) is 0 Å². The zero-order valence-electron chi connectivity index (χ0n) is 13.1. The number of hydrogen-bond donors (Lipinski definition) is 2. The lowest BCUT2D eigenvalue weighted by molar-refractivity contribution is 0.0944. The summed E-state index contributed by atoms with van der Waals surface area (Å²) < 4.78 is 0. The number of nitrogens with one attached hydrogen (secondary N) is 2. The largest absolute Gasteiger partial charge is 0.360 e. The van der Waals surface area contributed by atoms with Gasteiger partial charge in [-0.2, -0.15) is 5.10 Å². The van der Waals surface area contributed by atoms with E-state index in [0.29, 0.717) is 17.4 Å². The molecule has 2 N–H and O–H groups in total. The van der Waals surface area contributed by atoms with Gasteiger partial charge in [-0.25, -0.2) is 5.43 Å². The average Bonchev–Trinajstić information content (AvgIpc) is 2.97. The third kappa shape index (κ3) is 2.12. The van der Waals surface area contributed by atoms with E-state index >= 15 is 0 Å². The van der Waals surface area contributed by atoms with Crippen LogP contribution in [0.5, 0.6) is 0 Å². The summed E-state index contributed by atoms with van der Waals surface area (Å²) in [5.74, 6) is 2.97. The van der Waals surface area contributed by atoms with Gasteiger partial charge < -0.3 is 4.98 Å². The molecule has 2 aromatic rings. The minimum Gasteiger partial charge on any atom is -0.360 e. The van der Waals surface area contributed by atoms with Gasteiger partial charge in [-0.15, -0.1) is 0 Å². The van der Waals surface area contributed by atoms with Crippen LogP contribution >= 0.6 is 0 Å². The maximum Gasteiger partial charge on any atom is 0.273 e. The lowest BCUT2D eigenvalue weighted by Crippen LogP contribution is -2.46. The normalized spacial score (nSPS) is 31.6. The lowest BCUT2D eigenvalue weighted by atomic mass is 9.55. The number of rotatable bonds is 2. The van der Waals surface area contributed by atoms with E-state index in [2.05, 4.69) is 15.5 Å². The minimum absolute atomic E-state index is 0.108. The fourth-order valence-corrected chi connectivity index (χ4v) is 5.28. The Morgan fingerprint density at radius 3 is 2.48 bits per heavy atom. The summed E-state index contributed by atoms with van der Waals surface area (Å²) in [6.07, 6.45) is 8.35. The molecule has 118 valence electrons. The van der Waals surface area contributed by atoms with Crippen LogP contribution < -0.4 is 5.43 Å². The van der Waals surface area contributed by atoms with Crippen molar-refractivity contribution in [3.05, 3.63) is 36.0 Å². The summed E-state index contributed by atoms with van der Waals surface area (Å²) in [4.78, 5) is 15.7. The van der Waals surface area contributed by atoms with Crippen LogP contribution in [0, 0.1) is 23.7 Å². The average molecular weight is 307 g/mol. The summed E-state index contributed by atoms with van der Waals surface area (Å²) in [6.45, 7) is 0. The van der Waals surface area contributed by atoms with Gasteiger partial charge >= 0.3 is 0 Å². The monoisotopic (exact) mass is 307 g/mol.